The van der Waals surface area contributed by atoms with Gasteiger partial charge in [-0.2, -0.15) is 13.2 Å². The second kappa shape index (κ2) is 8.54. The lowest BCUT2D eigenvalue weighted by atomic mass is 10.0. The molecule has 1 amide bonds. The Hall–Kier alpha value is -2.70. The number of amides is 1. The van der Waals surface area contributed by atoms with Crippen LogP contribution in [0.5, 0.6) is 5.75 Å². The van der Waals surface area contributed by atoms with Crippen molar-refractivity contribution in [1.82, 2.24) is 5.32 Å². The summed E-state index contributed by atoms with van der Waals surface area (Å²) < 4.78 is 43.3. The van der Waals surface area contributed by atoms with Gasteiger partial charge in [-0.25, -0.2) is 0 Å². The summed E-state index contributed by atoms with van der Waals surface area (Å²) in [5, 5.41) is 3.01. The van der Waals surface area contributed by atoms with Crippen LogP contribution in [0.25, 0.3) is 0 Å². The molecule has 1 aliphatic rings. The second-order valence-electron chi connectivity index (χ2n) is 6.90. The van der Waals surface area contributed by atoms with Crippen LogP contribution in [0.4, 0.5) is 18.9 Å². The molecule has 0 bridgehead atoms. The highest BCUT2D eigenvalue weighted by molar-refractivity contribution is 5.79. The number of nitrogens with one attached hydrogen (secondary N) is 1. The number of rotatable bonds is 5. The largest absolute Gasteiger partial charge is 0.495 e. The molecule has 28 heavy (non-hydrogen) atoms. The van der Waals surface area contributed by atoms with Crippen molar-refractivity contribution in [3.8, 4) is 5.75 Å². The zero-order chi connectivity index (χ0) is 20.1. The lowest BCUT2D eigenvalue weighted by Gasteiger charge is -2.35. The highest BCUT2D eigenvalue weighted by Crippen LogP contribution is 2.30. The Morgan fingerprint density at radius 2 is 1.89 bits per heavy atom. The summed E-state index contributed by atoms with van der Waals surface area (Å²) in [4.78, 5) is 14.5. The normalized spacial score (nSPS) is 17.3. The van der Waals surface area contributed by atoms with Crippen molar-refractivity contribution in [2.45, 2.75) is 31.5 Å². The van der Waals surface area contributed by atoms with Gasteiger partial charge in [-0.15, -0.1) is 0 Å². The van der Waals surface area contributed by atoms with Crippen LogP contribution >= 0.6 is 0 Å². The number of hydrogen-bond donors (Lipinski definition) is 1. The quantitative estimate of drug-likeness (QED) is 0.835. The first kappa shape index (κ1) is 20.0. The van der Waals surface area contributed by atoms with E-state index in [0.29, 0.717) is 12.1 Å². The van der Waals surface area contributed by atoms with Gasteiger partial charge in [0, 0.05) is 19.1 Å². The first-order valence-electron chi connectivity index (χ1n) is 9.20. The van der Waals surface area contributed by atoms with Gasteiger partial charge in [0.2, 0.25) is 5.91 Å². The van der Waals surface area contributed by atoms with Gasteiger partial charge < -0.3 is 15.0 Å². The minimum Gasteiger partial charge on any atom is -0.495 e. The molecule has 1 heterocycles. The molecule has 0 radical (unpaired) electrons. The van der Waals surface area contributed by atoms with Crippen LogP contribution in [0.1, 0.15) is 24.0 Å². The van der Waals surface area contributed by atoms with Crippen LogP contribution in [0.2, 0.25) is 0 Å². The fourth-order valence-corrected chi connectivity index (χ4v) is 3.48. The number of alkyl halides is 3. The first-order chi connectivity index (χ1) is 13.4. The molecule has 1 aliphatic heterocycles. The highest BCUT2D eigenvalue weighted by Gasteiger charge is 2.30. The Kier molecular flexibility index (Phi) is 6.11. The van der Waals surface area contributed by atoms with Crippen molar-refractivity contribution >= 4 is 11.6 Å². The van der Waals surface area contributed by atoms with Gasteiger partial charge in [0.05, 0.1) is 24.8 Å². The van der Waals surface area contributed by atoms with Crippen molar-refractivity contribution in [2.75, 3.05) is 25.1 Å². The molecule has 150 valence electrons. The fourth-order valence-electron chi connectivity index (χ4n) is 3.48. The summed E-state index contributed by atoms with van der Waals surface area (Å²) >= 11 is 0. The number of hydrogen-bond acceptors (Lipinski definition) is 3. The van der Waals surface area contributed by atoms with Gasteiger partial charge in [-0.05, 0) is 42.7 Å². The van der Waals surface area contributed by atoms with E-state index >= 15 is 0 Å². The minimum absolute atomic E-state index is 0.0133. The van der Waals surface area contributed by atoms with Crippen molar-refractivity contribution in [2.24, 2.45) is 0 Å². The van der Waals surface area contributed by atoms with E-state index in [0.717, 1.165) is 43.0 Å². The van der Waals surface area contributed by atoms with Gasteiger partial charge in [0.1, 0.15) is 5.75 Å². The van der Waals surface area contributed by atoms with Crippen molar-refractivity contribution in [1.29, 1.82) is 0 Å². The van der Waals surface area contributed by atoms with Crippen LogP contribution < -0.4 is 15.0 Å². The topological polar surface area (TPSA) is 41.6 Å². The van der Waals surface area contributed by atoms with Gasteiger partial charge in [-0.3, -0.25) is 4.79 Å². The lowest BCUT2D eigenvalue weighted by molar-refractivity contribution is -0.137. The summed E-state index contributed by atoms with van der Waals surface area (Å²) in [5.41, 5.74) is 0.839. The monoisotopic (exact) mass is 392 g/mol. The molecule has 1 N–H and O–H groups in total. The average Bonchev–Trinajstić information content (AvgIpc) is 2.67. The first-order valence-corrected chi connectivity index (χ1v) is 9.20. The minimum atomic E-state index is -4.37. The zero-order valence-electron chi connectivity index (χ0n) is 15.6. The van der Waals surface area contributed by atoms with E-state index < -0.39 is 11.7 Å². The average molecular weight is 392 g/mol. The number of piperidine rings is 1. The highest BCUT2D eigenvalue weighted by atomic mass is 19.4. The molecule has 1 atom stereocenters. The van der Waals surface area contributed by atoms with Gasteiger partial charge >= 0.3 is 6.18 Å². The van der Waals surface area contributed by atoms with Gasteiger partial charge in [0.25, 0.3) is 0 Å². The van der Waals surface area contributed by atoms with Gasteiger partial charge in [-0.1, -0.05) is 24.3 Å². The van der Waals surface area contributed by atoms with E-state index in [9.17, 15) is 18.0 Å². The SMILES string of the molecule is COc1ccccc1N1CCCC(NC(=O)Cc2ccc(C(F)(F)F)cc2)C1. The van der Waals surface area contributed by atoms with Crippen LogP contribution in [0, 0.1) is 0 Å². The Morgan fingerprint density at radius 1 is 1.18 bits per heavy atom. The molecule has 0 aromatic heterocycles. The molecule has 7 heteroatoms. The Balaban J connectivity index is 1.58. The number of methoxy groups -OCH3 is 1. The molecule has 1 saturated heterocycles. The van der Waals surface area contributed by atoms with E-state index in [4.69, 9.17) is 4.74 Å². The number of anilines is 1. The second-order valence-corrected chi connectivity index (χ2v) is 6.90. The molecule has 1 unspecified atom stereocenters. The number of benzene rings is 2. The molecule has 1 fully saturated rings. The summed E-state index contributed by atoms with van der Waals surface area (Å²) in [6.45, 7) is 1.55. The van der Waals surface area contributed by atoms with E-state index in [1.807, 2.05) is 24.3 Å². The summed E-state index contributed by atoms with van der Waals surface area (Å²) in [6, 6.07) is 12.5. The third-order valence-corrected chi connectivity index (χ3v) is 4.86. The van der Waals surface area contributed by atoms with Crippen LogP contribution in [-0.4, -0.2) is 32.1 Å². The van der Waals surface area contributed by atoms with E-state index in [1.54, 1.807) is 7.11 Å². The molecular formula is C21H23F3N2O2. The molecule has 2 aromatic rings. The molecule has 3 rings (SSSR count). The third-order valence-electron chi connectivity index (χ3n) is 4.86. The van der Waals surface area contributed by atoms with E-state index in [1.165, 1.54) is 12.1 Å². The summed E-state index contributed by atoms with van der Waals surface area (Å²) in [6.07, 6.45) is -2.51. The summed E-state index contributed by atoms with van der Waals surface area (Å²) in [7, 11) is 1.63. The Labute approximate surface area is 162 Å². The molecule has 2 aromatic carbocycles. The summed E-state index contributed by atoms with van der Waals surface area (Å²) in [5.74, 6) is 0.603. The number of nitrogens with zero attached hydrogens (tertiary/aromatic N) is 1. The fraction of sp³-hybridized carbons (Fsp3) is 0.381. The molecule has 4 nitrogen and oxygen atoms in total. The van der Waals surface area contributed by atoms with E-state index in [-0.39, 0.29) is 18.4 Å². The van der Waals surface area contributed by atoms with Crippen molar-refractivity contribution in [3.63, 3.8) is 0 Å². The molecule has 0 spiro atoms. The maximum atomic E-state index is 12.6. The number of halogens is 3. The van der Waals surface area contributed by atoms with Crippen molar-refractivity contribution < 1.29 is 22.7 Å². The molecule has 0 saturated carbocycles. The smallest absolute Gasteiger partial charge is 0.416 e. The Morgan fingerprint density at radius 3 is 2.57 bits per heavy atom. The number of para-hydroxylation sites is 2. The van der Waals surface area contributed by atoms with E-state index in [2.05, 4.69) is 10.2 Å². The third kappa shape index (κ3) is 4.97. The zero-order valence-corrected chi connectivity index (χ0v) is 15.6. The van der Waals surface area contributed by atoms with Crippen LogP contribution in [0.3, 0.4) is 0 Å². The number of carbonyl (C=O) groups excluding carboxylic acids is 1. The maximum Gasteiger partial charge on any atom is 0.416 e. The predicted octanol–water partition coefficient (Wildman–Crippen LogP) is 4.04. The van der Waals surface area contributed by atoms with Gasteiger partial charge in [0.15, 0.2) is 0 Å². The maximum absolute atomic E-state index is 12.6. The Bertz CT molecular complexity index is 806. The number of ether oxygens (including phenoxy) is 1. The molecule has 0 aliphatic carbocycles. The predicted molar refractivity (Wildman–Crippen MR) is 102 cm³/mol. The standard InChI is InChI=1S/C21H23F3N2O2/c1-28-19-7-3-2-6-18(19)26-12-4-5-17(14-26)25-20(27)13-15-8-10-16(11-9-15)21(22,23)24/h2-3,6-11,17H,4-5,12-14H2,1H3,(H,25,27). The van der Waals surface area contributed by atoms with Crippen molar-refractivity contribution in [3.05, 3.63) is 59.7 Å². The van der Waals surface area contributed by atoms with Crippen LogP contribution in [0.15, 0.2) is 48.5 Å². The lowest BCUT2D eigenvalue weighted by Crippen LogP contribution is -2.48. The van der Waals surface area contributed by atoms with Crippen LogP contribution in [-0.2, 0) is 17.4 Å². The number of carbonyl (C=O) groups is 1. The molecular weight excluding hydrogens is 369 g/mol.